The van der Waals surface area contributed by atoms with Crippen LogP contribution in [0.25, 0.3) is 0 Å². The number of amides is 1. The van der Waals surface area contributed by atoms with Crippen molar-refractivity contribution in [1.82, 2.24) is 9.62 Å². The maximum Gasteiger partial charge on any atom is 0.219 e. The van der Waals surface area contributed by atoms with E-state index in [9.17, 15) is 13.2 Å². The zero-order chi connectivity index (χ0) is 19.4. The molecule has 2 unspecified atom stereocenters. The van der Waals surface area contributed by atoms with Crippen molar-refractivity contribution in [3.05, 3.63) is 35.9 Å². The highest BCUT2D eigenvalue weighted by atomic mass is 32.2. The van der Waals surface area contributed by atoms with Gasteiger partial charge in [0, 0.05) is 19.5 Å². The summed E-state index contributed by atoms with van der Waals surface area (Å²) in [4.78, 5) is 13.6. The predicted octanol–water partition coefficient (Wildman–Crippen LogP) is 2.27. The van der Waals surface area contributed by atoms with Crippen molar-refractivity contribution in [1.29, 1.82) is 0 Å². The number of rotatable bonds is 6. The second-order valence-electron chi connectivity index (χ2n) is 7.78. The zero-order valence-electron chi connectivity index (χ0n) is 16.1. The quantitative estimate of drug-likeness (QED) is 0.803. The Balaban J connectivity index is 1.53. The summed E-state index contributed by atoms with van der Waals surface area (Å²) in [7, 11) is -3.31. The van der Waals surface area contributed by atoms with E-state index in [0.29, 0.717) is 25.5 Å². The van der Waals surface area contributed by atoms with Crippen molar-refractivity contribution in [2.75, 3.05) is 19.4 Å². The first kappa shape index (κ1) is 20.3. The average molecular weight is 395 g/mol. The highest BCUT2D eigenvalue weighted by Gasteiger charge is 2.38. The average Bonchev–Trinajstić information content (AvgIpc) is 3.02. The molecule has 1 N–H and O–H groups in total. The van der Waals surface area contributed by atoms with Gasteiger partial charge in [-0.25, -0.2) is 13.1 Å². The molecule has 2 aliphatic rings. The van der Waals surface area contributed by atoms with Gasteiger partial charge in [0.25, 0.3) is 0 Å². The Morgan fingerprint density at radius 1 is 1.15 bits per heavy atom. The van der Waals surface area contributed by atoms with Crippen LogP contribution in [0, 0.1) is 0 Å². The maximum absolute atomic E-state index is 11.9. The van der Waals surface area contributed by atoms with Crippen LogP contribution >= 0.6 is 0 Å². The van der Waals surface area contributed by atoms with E-state index in [1.54, 1.807) is 4.90 Å². The summed E-state index contributed by atoms with van der Waals surface area (Å²) in [5.74, 6) is 0.556. The van der Waals surface area contributed by atoms with Crippen molar-refractivity contribution >= 4 is 15.9 Å². The summed E-state index contributed by atoms with van der Waals surface area (Å²) in [5, 5.41) is 0. The Kier molecular flexibility index (Phi) is 6.55. The second kappa shape index (κ2) is 8.71. The third-order valence-electron chi connectivity index (χ3n) is 5.76. The van der Waals surface area contributed by atoms with Crippen molar-refractivity contribution < 1.29 is 17.9 Å². The van der Waals surface area contributed by atoms with Crippen LogP contribution in [0.2, 0.25) is 0 Å². The number of benzene rings is 1. The van der Waals surface area contributed by atoms with Gasteiger partial charge in [-0.15, -0.1) is 0 Å². The third kappa shape index (κ3) is 5.53. The Morgan fingerprint density at radius 2 is 1.81 bits per heavy atom. The molecule has 2 fully saturated rings. The molecule has 0 radical (unpaired) electrons. The number of nitrogens with zero attached hydrogens (tertiary/aromatic N) is 1. The van der Waals surface area contributed by atoms with Gasteiger partial charge in [0.2, 0.25) is 15.9 Å². The maximum atomic E-state index is 11.9. The molecule has 0 aromatic heterocycles. The van der Waals surface area contributed by atoms with Crippen LogP contribution in [-0.4, -0.2) is 56.8 Å². The summed E-state index contributed by atoms with van der Waals surface area (Å²) < 4.78 is 32.1. The molecule has 1 heterocycles. The van der Waals surface area contributed by atoms with Gasteiger partial charge in [-0.05, 0) is 43.6 Å². The number of hydrogen-bond donors (Lipinski definition) is 1. The predicted molar refractivity (Wildman–Crippen MR) is 105 cm³/mol. The van der Waals surface area contributed by atoms with Crippen LogP contribution in [0.15, 0.2) is 30.3 Å². The van der Waals surface area contributed by atoms with Crippen LogP contribution in [0.4, 0.5) is 0 Å². The highest BCUT2D eigenvalue weighted by molar-refractivity contribution is 7.88. The van der Waals surface area contributed by atoms with Gasteiger partial charge >= 0.3 is 0 Å². The smallest absolute Gasteiger partial charge is 0.219 e. The largest absolute Gasteiger partial charge is 0.376 e. The van der Waals surface area contributed by atoms with E-state index >= 15 is 0 Å². The van der Waals surface area contributed by atoms with E-state index in [-0.39, 0.29) is 24.1 Å². The molecule has 1 saturated heterocycles. The molecule has 1 amide bonds. The highest BCUT2D eigenvalue weighted by Crippen LogP contribution is 2.34. The first-order valence-corrected chi connectivity index (χ1v) is 11.6. The lowest BCUT2D eigenvalue weighted by atomic mass is 9.83. The standard InChI is InChI=1S/C20H30N2O4S/c1-15(23)22-13-12-19(21-27(2,24)25)20(22)14-26-18-10-8-17(9-11-18)16-6-4-3-5-7-16/h3-7,17-21H,8-14H2,1-2H3. The summed E-state index contributed by atoms with van der Waals surface area (Å²) in [6.45, 7) is 2.48. The summed E-state index contributed by atoms with van der Waals surface area (Å²) in [6.07, 6.45) is 6.15. The molecule has 1 saturated carbocycles. The minimum absolute atomic E-state index is 0.0332. The SMILES string of the molecule is CC(=O)N1CCC(NS(C)(=O)=O)C1COC1CCC(c2ccccc2)CC1. The summed E-state index contributed by atoms with van der Waals surface area (Å²) in [5.41, 5.74) is 1.40. The van der Waals surface area contributed by atoms with Gasteiger partial charge in [-0.1, -0.05) is 30.3 Å². The van der Waals surface area contributed by atoms with Gasteiger partial charge in [0.1, 0.15) is 0 Å². The Labute approximate surface area is 162 Å². The number of sulfonamides is 1. The van der Waals surface area contributed by atoms with E-state index < -0.39 is 10.0 Å². The molecular formula is C20H30N2O4S. The van der Waals surface area contributed by atoms with Crippen molar-refractivity contribution in [2.45, 2.75) is 63.1 Å². The van der Waals surface area contributed by atoms with Crippen molar-refractivity contribution in [3.63, 3.8) is 0 Å². The molecule has 1 aromatic rings. The van der Waals surface area contributed by atoms with Crippen LogP contribution < -0.4 is 4.72 Å². The number of ether oxygens (including phenoxy) is 1. The normalized spacial score (nSPS) is 29.0. The zero-order valence-corrected chi connectivity index (χ0v) is 17.0. The second-order valence-corrected chi connectivity index (χ2v) is 9.56. The molecule has 0 bridgehead atoms. The monoisotopic (exact) mass is 394 g/mol. The third-order valence-corrected chi connectivity index (χ3v) is 6.49. The fourth-order valence-electron chi connectivity index (χ4n) is 4.39. The lowest BCUT2D eigenvalue weighted by Crippen LogP contribution is -2.49. The molecule has 27 heavy (non-hydrogen) atoms. The minimum atomic E-state index is -3.31. The number of nitrogens with one attached hydrogen (secondary N) is 1. The van der Waals surface area contributed by atoms with E-state index in [0.717, 1.165) is 31.9 Å². The molecule has 1 aliphatic carbocycles. The lowest BCUT2D eigenvalue weighted by Gasteiger charge is -2.32. The lowest BCUT2D eigenvalue weighted by molar-refractivity contribution is -0.131. The van der Waals surface area contributed by atoms with Crippen LogP contribution in [0.3, 0.4) is 0 Å². The molecular weight excluding hydrogens is 364 g/mol. The van der Waals surface area contributed by atoms with Crippen LogP contribution in [0.1, 0.15) is 50.5 Å². The molecule has 1 aromatic carbocycles. The van der Waals surface area contributed by atoms with E-state index in [4.69, 9.17) is 4.74 Å². The first-order valence-electron chi connectivity index (χ1n) is 9.74. The van der Waals surface area contributed by atoms with Crippen LogP contribution in [0.5, 0.6) is 0 Å². The molecule has 3 rings (SSSR count). The van der Waals surface area contributed by atoms with Gasteiger partial charge in [0.05, 0.1) is 25.0 Å². The molecule has 0 spiro atoms. The summed E-state index contributed by atoms with van der Waals surface area (Å²) in [6, 6.07) is 10.1. The van der Waals surface area contributed by atoms with E-state index in [1.165, 1.54) is 12.5 Å². The minimum Gasteiger partial charge on any atom is -0.376 e. The van der Waals surface area contributed by atoms with Crippen molar-refractivity contribution in [2.24, 2.45) is 0 Å². The fraction of sp³-hybridized carbons (Fsp3) is 0.650. The summed E-state index contributed by atoms with van der Waals surface area (Å²) >= 11 is 0. The van der Waals surface area contributed by atoms with Gasteiger partial charge in [-0.2, -0.15) is 0 Å². The van der Waals surface area contributed by atoms with Gasteiger partial charge < -0.3 is 9.64 Å². The molecule has 7 heteroatoms. The van der Waals surface area contributed by atoms with Gasteiger partial charge in [0.15, 0.2) is 0 Å². The number of hydrogen-bond acceptors (Lipinski definition) is 4. The fourth-order valence-corrected chi connectivity index (χ4v) is 5.21. The Hall–Kier alpha value is -1.44. The van der Waals surface area contributed by atoms with E-state index in [2.05, 4.69) is 29.0 Å². The molecule has 2 atom stereocenters. The van der Waals surface area contributed by atoms with Crippen LogP contribution in [-0.2, 0) is 19.6 Å². The topological polar surface area (TPSA) is 75.7 Å². The first-order chi connectivity index (χ1) is 12.8. The van der Waals surface area contributed by atoms with Crippen molar-refractivity contribution in [3.8, 4) is 0 Å². The number of likely N-dealkylation sites (tertiary alicyclic amines) is 1. The number of carbonyl (C=O) groups excluding carboxylic acids is 1. The molecule has 1 aliphatic heterocycles. The van der Waals surface area contributed by atoms with Gasteiger partial charge in [-0.3, -0.25) is 4.79 Å². The van der Waals surface area contributed by atoms with E-state index in [1.807, 2.05) is 6.07 Å². The Morgan fingerprint density at radius 3 is 2.41 bits per heavy atom. The molecule has 150 valence electrons. The molecule has 6 nitrogen and oxygen atoms in total. The number of carbonyl (C=O) groups is 1. The Bertz CT molecular complexity index is 730.